The number of nitrogens with zero attached hydrogens (tertiary/aromatic N) is 2. The molecule has 4 rings (SSSR count). The van der Waals surface area contributed by atoms with E-state index in [4.69, 9.17) is 0 Å². The quantitative estimate of drug-likeness (QED) is 0.132. The van der Waals surface area contributed by atoms with Crippen LogP contribution in [0, 0.1) is 17.3 Å². The smallest absolute Gasteiger partial charge is 0.315 e. The maximum atomic E-state index is 14.8. The summed E-state index contributed by atoms with van der Waals surface area (Å²) in [6.07, 6.45) is 6.46. The van der Waals surface area contributed by atoms with Gasteiger partial charge in [-0.05, 0) is 67.9 Å². The number of nitrogens with one attached hydrogen (secondary N) is 4. The van der Waals surface area contributed by atoms with Crippen molar-refractivity contribution in [1.29, 1.82) is 0 Å². The largest absolute Gasteiger partial charge is 0.347 e. The molecule has 0 bridgehead atoms. The number of unbranched alkanes of at least 4 members (excludes halogenated alkanes) is 1. The normalized spacial score (nSPS) is 20.6. The first-order valence-electron chi connectivity index (χ1n) is 19.2. The highest BCUT2D eigenvalue weighted by Crippen LogP contribution is 2.33. The van der Waals surface area contributed by atoms with Gasteiger partial charge in [0.25, 0.3) is 5.91 Å². The Labute approximate surface area is 315 Å². The molecule has 294 valence electrons. The Morgan fingerprint density at radius 3 is 2.15 bits per heavy atom. The molecule has 1 aliphatic heterocycles. The molecule has 2 fully saturated rings. The molecule has 1 aromatic carbocycles. The van der Waals surface area contributed by atoms with Gasteiger partial charge in [-0.2, -0.15) is 0 Å². The molecule has 1 aromatic rings. The number of ketones is 1. The second-order valence-electron chi connectivity index (χ2n) is 15.8. The van der Waals surface area contributed by atoms with Gasteiger partial charge in [-0.3, -0.25) is 19.2 Å². The minimum atomic E-state index is -3.53. The summed E-state index contributed by atoms with van der Waals surface area (Å²) >= 11 is 0. The number of carbonyl (C=O) groups is 5. The molecule has 1 saturated carbocycles. The topological polar surface area (TPSA) is 174 Å². The molecule has 5 amide bonds. The van der Waals surface area contributed by atoms with Crippen molar-refractivity contribution in [2.24, 2.45) is 17.3 Å². The number of hydrogen-bond acceptors (Lipinski definition) is 7. The first-order chi connectivity index (χ1) is 25.0. The Kier molecular flexibility index (Phi) is 14.3. The molecule has 1 unspecified atom stereocenters. The van der Waals surface area contributed by atoms with Crippen LogP contribution in [0.4, 0.5) is 4.79 Å². The fraction of sp³-hybridized carbons (Fsp3) is 0.667. The molecule has 0 radical (unpaired) electrons. The lowest BCUT2D eigenvalue weighted by Crippen LogP contribution is -2.61. The maximum absolute atomic E-state index is 14.8. The lowest BCUT2D eigenvalue weighted by atomic mass is 9.86. The summed E-state index contributed by atoms with van der Waals surface area (Å²) in [6.45, 7) is 15.5. The summed E-state index contributed by atoms with van der Waals surface area (Å²) in [5, 5.41) is 11.5. The molecule has 2 aliphatic carbocycles. The van der Waals surface area contributed by atoms with E-state index in [0.29, 0.717) is 25.7 Å². The highest BCUT2D eigenvalue weighted by Gasteiger charge is 2.46. The Balaban J connectivity index is 1.60. The average molecular weight is 757 g/mol. The lowest BCUT2D eigenvalue weighted by Gasteiger charge is -2.36. The van der Waals surface area contributed by atoms with Crippen LogP contribution in [0.15, 0.2) is 36.9 Å². The molecule has 3 aliphatic rings. The minimum Gasteiger partial charge on any atom is -0.347 e. The number of likely N-dealkylation sites (N-methyl/N-ethyl adjacent to an activating group) is 1. The molecule has 0 spiro atoms. The van der Waals surface area contributed by atoms with E-state index in [0.717, 1.165) is 30.4 Å². The predicted octanol–water partition coefficient (Wildman–Crippen LogP) is 3.08. The van der Waals surface area contributed by atoms with Crippen molar-refractivity contribution in [2.45, 2.75) is 123 Å². The Bertz CT molecular complexity index is 1600. The van der Waals surface area contributed by atoms with Gasteiger partial charge in [-0.1, -0.05) is 77.8 Å². The Morgan fingerprint density at radius 1 is 0.981 bits per heavy atom. The fourth-order valence-corrected chi connectivity index (χ4v) is 8.45. The molecular formula is C39H60N6O7S. The monoisotopic (exact) mass is 756 g/mol. The van der Waals surface area contributed by atoms with E-state index in [1.54, 1.807) is 19.9 Å². The maximum Gasteiger partial charge on any atom is 0.315 e. The van der Waals surface area contributed by atoms with Crippen molar-refractivity contribution in [3.63, 3.8) is 0 Å². The SMILES string of the molecule is C=C[C@H]1CCN(C(=O)[C@@H](NC(=O)N[C@H](CN(CC)S(=O)(=O)CC)C(C)(C)C)C2Cc3ccccc3C2)[C@@H]1C(=O)NC(CCCC)C(=O)C(=O)NC1CC1. The number of carbonyl (C=O) groups excluding carboxylic acids is 5. The summed E-state index contributed by atoms with van der Waals surface area (Å²) in [5.41, 5.74) is 1.62. The van der Waals surface area contributed by atoms with Crippen molar-refractivity contribution in [1.82, 2.24) is 30.5 Å². The third-order valence-corrected chi connectivity index (χ3v) is 12.8. The number of sulfonamides is 1. The average Bonchev–Trinajstić information content (AvgIpc) is 3.65. The van der Waals surface area contributed by atoms with Crippen molar-refractivity contribution in [2.75, 3.05) is 25.4 Å². The molecule has 1 saturated heterocycles. The lowest BCUT2D eigenvalue weighted by molar-refractivity contribution is -0.143. The third kappa shape index (κ3) is 10.7. The first-order valence-corrected chi connectivity index (χ1v) is 20.8. The van der Waals surface area contributed by atoms with Gasteiger partial charge in [-0.15, -0.1) is 6.58 Å². The number of hydrogen-bond donors (Lipinski definition) is 4. The Morgan fingerprint density at radius 2 is 1.62 bits per heavy atom. The van der Waals surface area contributed by atoms with Gasteiger partial charge in [0.1, 0.15) is 12.1 Å². The highest BCUT2D eigenvalue weighted by atomic mass is 32.2. The van der Waals surface area contributed by atoms with Crippen LogP contribution in [0.2, 0.25) is 0 Å². The van der Waals surface area contributed by atoms with Crippen molar-refractivity contribution in [3.8, 4) is 0 Å². The van der Waals surface area contributed by atoms with E-state index < -0.39 is 75.1 Å². The number of urea groups is 1. The molecule has 5 atom stereocenters. The van der Waals surface area contributed by atoms with Gasteiger partial charge in [0, 0.05) is 37.6 Å². The van der Waals surface area contributed by atoms with Crippen molar-refractivity contribution in [3.05, 3.63) is 48.0 Å². The number of amides is 5. The van der Waals surface area contributed by atoms with Gasteiger partial charge in [0.05, 0.1) is 11.8 Å². The highest BCUT2D eigenvalue weighted by molar-refractivity contribution is 7.89. The summed E-state index contributed by atoms with van der Waals surface area (Å²) in [5.74, 6) is -3.19. The number of fused-ring (bicyclic) bond motifs is 1. The van der Waals surface area contributed by atoms with E-state index in [-0.39, 0.29) is 43.8 Å². The molecular weight excluding hydrogens is 697 g/mol. The summed E-state index contributed by atoms with van der Waals surface area (Å²) in [6, 6.07) is 3.60. The van der Waals surface area contributed by atoms with Crippen LogP contribution in [0.5, 0.6) is 0 Å². The van der Waals surface area contributed by atoms with Crippen LogP contribution in [-0.4, -0.2) is 103 Å². The second-order valence-corrected chi connectivity index (χ2v) is 18.0. The van der Waals surface area contributed by atoms with Crippen molar-refractivity contribution >= 4 is 39.6 Å². The van der Waals surface area contributed by atoms with Gasteiger partial charge >= 0.3 is 6.03 Å². The zero-order valence-corrected chi connectivity index (χ0v) is 33.1. The molecule has 13 nitrogen and oxygen atoms in total. The minimum absolute atomic E-state index is 0.0148. The number of rotatable bonds is 18. The van der Waals surface area contributed by atoms with Gasteiger partial charge < -0.3 is 26.2 Å². The Hall–Kier alpha value is -3.78. The first kappa shape index (κ1) is 42.0. The van der Waals surface area contributed by atoms with Crippen LogP contribution < -0.4 is 21.3 Å². The number of benzene rings is 1. The van der Waals surface area contributed by atoms with Crippen molar-refractivity contribution < 1.29 is 32.4 Å². The molecule has 4 N–H and O–H groups in total. The van der Waals surface area contributed by atoms with Gasteiger partial charge in [0.2, 0.25) is 27.6 Å². The number of Topliss-reactive ketones (excluding diaryl/α,β-unsaturated/α-hetero) is 1. The van der Waals surface area contributed by atoms with Crippen LogP contribution in [0.25, 0.3) is 0 Å². The van der Waals surface area contributed by atoms with Crippen LogP contribution in [0.3, 0.4) is 0 Å². The second kappa shape index (κ2) is 18.0. The molecule has 14 heteroatoms. The molecule has 53 heavy (non-hydrogen) atoms. The predicted molar refractivity (Wildman–Crippen MR) is 204 cm³/mol. The van der Waals surface area contributed by atoms with Gasteiger partial charge in [0.15, 0.2) is 0 Å². The summed E-state index contributed by atoms with van der Waals surface area (Å²) in [7, 11) is -3.53. The van der Waals surface area contributed by atoms with Crippen LogP contribution >= 0.6 is 0 Å². The third-order valence-electron chi connectivity index (χ3n) is 10.9. The van der Waals surface area contributed by atoms with Gasteiger partial charge in [-0.25, -0.2) is 17.5 Å². The van der Waals surface area contributed by atoms with Crippen LogP contribution in [-0.2, 0) is 42.0 Å². The standard InChI is InChI=1S/C39H60N6O7S/c1-8-12-17-30(34(46)36(48)40-29-18-19-29)41-35(47)33-25(9-2)20-21-45(33)37(49)32(28-22-26-15-13-14-16-27(26)23-28)43-38(50)42-31(39(5,6)7)24-44(10-3)53(51,52)11-4/h9,13-16,25,28-33H,2,8,10-12,17-24H2,1,3-7H3,(H,40,48)(H,41,47)(H2,42,43,50)/t25-,30?,31+,32-,33-/m0/s1. The molecule has 0 aromatic heterocycles. The molecule has 1 heterocycles. The van der Waals surface area contributed by atoms with Crippen LogP contribution in [0.1, 0.15) is 91.2 Å². The van der Waals surface area contributed by atoms with E-state index in [9.17, 15) is 32.4 Å². The fourth-order valence-electron chi connectivity index (χ4n) is 7.31. The van der Waals surface area contributed by atoms with E-state index >= 15 is 0 Å². The number of likely N-dealkylation sites (tertiary alicyclic amines) is 1. The van der Waals surface area contributed by atoms with E-state index in [1.165, 1.54) is 9.21 Å². The summed E-state index contributed by atoms with van der Waals surface area (Å²) in [4.78, 5) is 70.2. The summed E-state index contributed by atoms with van der Waals surface area (Å²) < 4.78 is 27.0. The van der Waals surface area contributed by atoms with E-state index in [1.807, 2.05) is 52.0 Å². The zero-order valence-electron chi connectivity index (χ0n) is 32.3. The zero-order chi connectivity index (χ0) is 39.1. The van der Waals surface area contributed by atoms with E-state index in [2.05, 4.69) is 27.8 Å².